The minimum absolute atomic E-state index is 0.0828. The molecule has 1 fully saturated rings. The normalized spacial score (nSPS) is 17.6. The van der Waals surface area contributed by atoms with E-state index in [9.17, 15) is 13.2 Å². The predicted molar refractivity (Wildman–Crippen MR) is 66.5 cm³/mol. The standard InChI is InChI=1S/C12H15NO4S/c14-12(10-11-4-2-1-3-5-11)18(15,16)13-6-8-17-9-7-13/h1-5H,6-10H2. The highest BCUT2D eigenvalue weighted by atomic mass is 32.2. The number of benzene rings is 1. The van der Waals surface area contributed by atoms with Crippen LogP contribution in [0, 0.1) is 0 Å². The SMILES string of the molecule is O=C(Cc1ccccc1)S(=O)(=O)N1CCOCC1. The minimum Gasteiger partial charge on any atom is -0.379 e. The third-order valence-corrected chi connectivity index (χ3v) is 4.55. The summed E-state index contributed by atoms with van der Waals surface area (Å²) in [6.45, 7) is 1.20. The number of rotatable bonds is 3. The van der Waals surface area contributed by atoms with Crippen molar-refractivity contribution in [3.8, 4) is 0 Å². The number of carbonyl (C=O) groups is 1. The Morgan fingerprint density at radius 3 is 2.39 bits per heavy atom. The molecule has 1 aromatic rings. The van der Waals surface area contributed by atoms with Crippen LogP contribution < -0.4 is 0 Å². The van der Waals surface area contributed by atoms with Gasteiger partial charge >= 0.3 is 0 Å². The van der Waals surface area contributed by atoms with Crippen LogP contribution in [0.5, 0.6) is 0 Å². The third-order valence-electron chi connectivity index (χ3n) is 2.79. The van der Waals surface area contributed by atoms with Gasteiger partial charge in [0.25, 0.3) is 15.1 Å². The fourth-order valence-electron chi connectivity index (χ4n) is 1.78. The van der Waals surface area contributed by atoms with E-state index in [1.165, 1.54) is 4.31 Å². The van der Waals surface area contributed by atoms with E-state index in [-0.39, 0.29) is 19.5 Å². The molecule has 1 aliphatic heterocycles. The molecule has 0 saturated carbocycles. The fourth-order valence-corrected chi connectivity index (χ4v) is 3.05. The summed E-state index contributed by atoms with van der Waals surface area (Å²) in [6, 6.07) is 8.87. The third kappa shape index (κ3) is 2.95. The Balaban J connectivity index is 2.08. The molecule has 0 bridgehead atoms. The zero-order valence-corrected chi connectivity index (χ0v) is 10.7. The summed E-state index contributed by atoms with van der Waals surface area (Å²) in [5.74, 6) is 0. The highest BCUT2D eigenvalue weighted by Gasteiger charge is 2.31. The van der Waals surface area contributed by atoms with Gasteiger partial charge in [-0.25, -0.2) is 8.42 Å². The molecule has 0 aromatic heterocycles. The molecule has 5 nitrogen and oxygen atoms in total. The van der Waals surface area contributed by atoms with E-state index < -0.39 is 15.1 Å². The molecule has 1 aromatic carbocycles. The highest BCUT2D eigenvalue weighted by molar-refractivity contribution is 8.04. The molecule has 0 atom stereocenters. The van der Waals surface area contributed by atoms with E-state index in [0.717, 1.165) is 0 Å². The van der Waals surface area contributed by atoms with Crippen molar-refractivity contribution < 1.29 is 17.9 Å². The first-order valence-electron chi connectivity index (χ1n) is 5.75. The van der Waals surface area contributed by atoms with Gasteiger partial charge in [0.15, 0.2) is 0 Å². The van der Waals surface area contributed by atoms with Gasteiger partial charge in [0.2, 0.25) is 0 Å². The molecule has 1 heterocycles. The first kappa shape index (κ1) is 13.2. The number of hydrogen-bond acceptors (Lipinski definition) is 4. The van der Waals surface area contributed by atoms with E-state index in [0.29, 0.717) is 18.8 Å². The smallest absolute Gasteiger partial charge is 0.277 e. The average molecular weight is 269 g/mol. The Morgan fingerprint density at radius 1 is 1.17 bits per heavy atom. The summed E-state index contributed by atoms with van der Waals surface area (Å²) < 4.78 is 30.3. The zero-order chi connectivity index (χ0) is 13.0. The van der Waals surface area contributed by atoms with Crippen LogP contribution in [0.25, 0.3) is 0 Å². The largest absolute Gasteiger partial charge is 0.379 e. The summed E-state index contributed by atoms with van der Waals surface area (Å²) in [5, 5.41) is -0.754. The number of morpholine rings is 1. The number of nitrogens with zero attached hydrogens (tertiary/aromatic N) is 1. The van der Waals surface area contributed by atoms with E-state index in [2.05, 4.69) is 0 Å². The molecular formula is C12H15NO4S. The van der Waals surface area contributed by atoms with Crippen molar-refractivity contribution in [2.75, 3.05) is 26.3 Å². The van der Waals surface area contributed by atoms with Crippen LogP contribution in [0.1, 0.15) is 5.56 Å². The zero-order valence-electron chi connectivity index (χ0n) is 9.91. The van der Waals surface area contributed by atoms with Crippen LogP contribution >= 0.6 is 0 Å². The Hall–Kier alpha value is -1.24. The van der Waals surface area contributed by atoms with E-state index in [1.54, 1.807) is 24.3 Å². The van der Waals surface area contributed by atoms with Gasteiger partial charge in [0, 0.05) is 19.5 Å². The summed E-state index contributed by atoms with van der Waals surface area (Å²) in [6.07, 6.45) is -0.0828. The molecule has 1 saturated heterocycles. The molecule has 0 spiro atoms. The van der Waals surface area contributed by atoms with Gasteiger partial charge in [0.1, 0.15) is 0 Å². The summed E-state index contributed by atoms with van der Waals surface area (Å²) in [4.78, 5) is 11.9. The van der Waals surface area contributed by atoms with Crippen molar-refractivity contribution in [2.24, 2.45) is 0 Å². The Kier molecular flexibility index (Phi) is 4.11. The first-order valence-corrected chi connectivity index (χ1v) is 7.19. The highest BCUT2D eigenvalue weighted by Crippen LogP contribution is 2.10. The fraction of sp³-hybridized carbons (Fsp3) is 0.417. The molecule has 18 heavy (non-hydrogen) atoms. The van der Waals surface area contributed by atoms with Gasteiger partial charge in [-0.2, -0.15) is 4.31 Å². The molecule has 1 aliphatic rings. The number of hydrogen-bond donors (Lipinski definition) is 0. The topological polar surface area (TPSA) is 63.7 Å². The summed E-state index contributed by atoms with van der Waals surface area (Å²) in [7, 11) is -3.85. The molecular weight excluding hydrogens is 254 g/mol. The first-order chi connectivity index (χ1) is 8.60. The van der Waals surface area contributed by atoms with Crippen molar-refractivity contribution >= 4 is 15.1 Å². The van der Waals surface area contributed by atoms with Crippen molar-refractivity contribution in [1.82, 2.24) is 4.31 Å². The van der Waals surface area contributed by atoms with E-state index in [1.807, 2.05) is 6.07 Å². The maximum atomic E-state index is 12.0. The monoisotopic (exact) mass is 269 g/mol. The lowest BCUT2D eigenvalue weighted by Gasteiger charge is -2.25. The second kappa shape index (κ2) is 5.60. The molecule has 2 rings (SSSR count). The second-order valence-electron chi connectivity index (χ2n) is 4.05. The van der Waals surface area contributed by atoms with Gasteiger partial charge in [-0.1, -0.05) is 30.3 Å². The minimum atomic E-state index is -3.85. The lowest BCUT2D eigenvalue weighted by atomic mass is 10.2. The quantitative estimate of drug-likeness (QED) is 0.797. The van der Waals surface area contributed by atoms with E-state index in [4.69, 9.17) is 4.74 Å². The number of ether oxygens (including phenoxy) is 1. The van der Waals surface area contributed by atoms with Gasteiger partial charge < -0.3 is 4.74 Å². The van der Waals surface area contributed by atoms with Crippen molar-refractivity contribution in [3.63, 3.8) is 0 Å². The summed E-state index contributed by atoms with van der Waals surface area (Å²) in [5.41, 5.74) is 0.708. The molecule has 0 N–H and O–H groups in total. The maximum Gasteiger partial charge on any atom is 0.277 e. The average Bonchev–Trinajstić information content (AvgIpc) is 2.41. The van der Waals surface area contributed by atoms with Crippen LogP contribution in [-0.4, -0.2) is 44.1 Å². The lowest BCUT2D eigenvalue weighted by molar-refractivity contribution is -0.111. The van der Waals surface area contributed by atoms with Crippen LogP contribution in [-0.2, 0) is 26.0 Å². The van der Waals surface area contributed by atoms with Crippen molar-refractivity contribution in [2.45, 2.75) is 6.42 Å². The lowest BCUT2D eigenvalue weighted by Crippen LogP contribution is -2.44. The Bertz CT molecular complexity index is 506. The van der Waals surface area contributed by atoms with Gasteiger partial charge in [-0.05, 0) is 5.56 Å². The van der Waals surface area contributed by atoms with Crippen LogP contribution in [0.3, 0.4) is 0 Å². The van der Waals surface area contributed by atoms with Gasteiger partial charge in [-0.15, -0.1) is 0 Å². The molecule has 0 aliphatic carbocycles. The molecule has 0 radical (unpaired) electrons. The molecule has 0 amide bonds. The molecule has 98 valence electrons. The number of sulfonamides is 1. The van der Waals surface area contributed by atoms with Crippen molar-refractivity contribution in [1.29, 1.82) is 0 Å². The molecule has 0 unspecified atom stereocenters. The van der Waals surface area contributed by atoms with Crippen LogP contribution in [0.2, 0.25) is 0 Å². The Labute approximate surface area is 106 Å². The number of carbonyl (C=O) groups excluding carboxylic acids is 1. The van der Waals surface area contributed by atoms with Crippen LogP contribution in [0.4, 0.5) is 0 Å². The maximum absolute atomic E-state index is 12.0. The second-order valence-corrected chi connectivity index (χ2v) is 5.97. The summed E-state index contributed by atoms with van der Waals surface area (Å²) >= 11 is 0. The van der Waals surface area contributed by atoms with Gasteiger partial charge in [-0.3, -0.25) is 4.79 Å². The predicted octanol–water partition coefficient (Wildman–Crippen LogP) is 0.418. The Morgan fingerprint density at radius 2 is 1.78 bits per heavy atom. The van der Waals surface area contributed by atoms with Crippen molar-refractivity contribution in [3.05, 3.63) is 35.9 Å². The van der Waals surface area contributed by atoms with Crippen LogP contribution in [0.15, 0.2) is 30.3 Å². The van der Waals surface area contributed by atoms with E-state index >= 15 is 0 Å². The molecule has 6 heteroatoms. The van der Waals surface area contributed by atoms with Gasteiger partial charge in [0.05, 0.1) is 13.2 Å².